The molecule has 1 aliphatic carbocycles. The van der Waals surface area contributed by atoms with E-state index in [1.54, 1.807) is 0 Å². The molecule has 4 nitrogen and oxygen atoms in total. The highest BCUT2D eigenvalue weighted by atomic mass is 16.6. The molecular formula is C10H21NO3. The largest absolute Gasteiger partial charge is 0.396 e. The normalized spacial score (nSPS) is 22.1. The van der Waals surface area contributed by atoms with E-state index in [2.05, 4.69) is 5.32 Å². The zero-order valence-electron chi connectivity index (χ0n) is 9.21. The Labute approximate surface area is 85.3 Å². The van der Waals surface area contributed by atoms with Crippen LogP contribution < -0.4 is 5.32 Å². The van der Waals surface area contributed by atoms with Crippen LogP contribution in [0.25, 0.3) is 0 Å². The van der Waals surface area contributed by atoms with Crippen molar-refractivity contribution >= 4 is 0 Å². The average Bonchev–Trinajstić information content (AvgIpc) is 2.78. The van der Waals surface area contributed by atoms with Crippen molar-refractivity contribution < 1.29 is 14.9 Å². The standard InChI is InChI=1S/C10H21NO3/c1-9(2,3)14-8(13)11-6-10(7-12)4-5-10/h8,11-13H,4-7H2,1-3H3. The Morgan fingerprint density at radius 1 is 1.43 bits per heavy atom. The zero-order valence-corrected chi connectivity index (χ0v) is 9.21. The molecule has 1 fully saturated rings. The Morgan fingerprint density at radius 3 is 2.36 bits per heavy atom. The molecule has 0 aromatic rings. The molecule has 0 aromatic heterocycles. The second-order valence-corrected chi connectivity index (χ2v) is 5.12. The predicted molar refractivity (Wildman–Crippen MR) is 53.6 cm³/mol. The third-order valence-corrected chi connectivity index (χ3v) is 2.41. The van der Waals surface area contributed by atoms with E-state index in [-0.39, 0.29) is 17.6 Å². The van der Waals surface area contributed by atoms with Crippen LogP contribution in [0.15, 0.2) is 0 Å². The van der Waals surface area contributed by atoms with Gasteiger partial charge in [-0.2, -0.15) is 0 Å². The minimum atomic E-state index is -0.945. The highest BCUT2D eigenvalue weighted by Crippen LogP contribution is 2.44. The number of hydrogen-bond donors (Lipinski definition) is 3. The van der Waals surface area contributed by atoms with E-state index in [1.807, 2.05) is 20.8 Å². The lowest BCUT2D eigenvalue weighted by Crippen LogP contribution is -2.41. The number of hydrogen-bond acceptors (Lipinski definition) is 4. The molecule has 84 valence electrons. The Hall–Kier alpha value is -0.160. The van der Waals surface area contributed by atoms with Gasteiger partial charge in [0.15, 0.2) is 0 Å². The van der Waals surface area contributed by atoms with Crippen molar-refractivity contribution in [1.82, 2.24) is 5.32 Å². The summed E-state index contributed by atoms with van der Waals surface area (Å²) in [7, 11) is 0. The summed E-state index contributed by atoms with van der Waals surface area (Å²) in [6.07, 6.45) is 1.11. The lowest BCUT2D eigenvalue weighted by Gasteiger charge is -2.25. The van der Waals surface area contributed by atoms with Crippen molar-refractivity contribution in [3.63, 3.8) is 0 Å². The average molecular weight is 203 g/mol. The summed E-state index contributed by atoms with van der Waals surface area (Å²) in [5.74, 6) is 0. The Bertz CT molecular complexity index is 184. The Balaban J connectivity index is 2.18. The first-order valence-corrected chi connectivity index (χ1v) is 5.07. The maximum absolute atomic E-state index is 9.46. The smallest absolute Gasteiger partial charge is 0.214 e. The molecule has 4 heteroatoms. The van der Waals surface area contributed by atoms with Crippen LogP contribution in [-0.2, 0) is 4.74 Å². The van der Waals surface area contributed by atoms with Crippen LogP contribution in [0.2, 0.25) is 0 Å². The molecule has 1 unspecified atom stereocenters. The summed E-state index contributed by atoms with van der Waals surface area (Å²) in [4.78, 5) is 0. The number of ether oxygens (including phenoxy) is 1. The van der Waals surface area contributed by atoms with E-state index >= 15 is 0 Å². The van der Waals surface area contributed by atoms with Gasteiger partial charge in [-0.3, -0.25) is 5.32 Å². The van der Waals surface area contributed by atoms with Crippen LogP contribution in [0.4, 0.5) is 0 Å². The van der Waals surface area contributed by atoms with Gasteiger partial charge in [0, 0.05) is 18.6 Å². The molecule has 0 amide bonds. The van der Waals surface area contributed by atoms with Crippen molar-refractivity contribution in [2.45, 2.75) is 45.6 Å². The summed E-state index contributed by atoms with van der Waals surface area (Å²) in [6, 6.07) is 0. The van der Waals surface area contributed by atoms with Gasteiger partial charge in [0.1, 0.15) is 0 Å². The van der Waals surface area contributed by atoms with Gasteiger partial charge in [-0.15, -0.1) is 0 Å². The van der Waals surface area contributed by atoms with E-state index in [0.717, 1.165) is 12.8 Å². The molecule has 14 heavy (non-hydrogen) atoms. The van der Waals surface area contributed by atoms with Crippen molar-refractivity contribution in [2.24, 2.45) is 5.41 Å². The summed E-state index contributed by atoms with van der Waals surface area (Å²) < 4.78 is 5.27. The maximum Gasteiger partial charge on any atom is 0.214 e. The Morgan fingerprint density at radius 2 is 2.00 bits per heavy atom. The van der Waals surface area contributed by atoms with E-state index < -0.39 is 6.41 Å². The van der Waals surface area contributed by atoms with Crippen LogP contribution >= 0.6 is 0 Å². The predicted octanol–water partition coefficient (Wildman–Crippen LogP) is 0.439. The van der Waals surface area contributed by atoms with E-state index in [4.69, 9.17) is 9.84 Å². The topological polar surface area (TPSA) is 61.7 Å². The zero-order chi connectivity index (χ0) is 10.8. The Kier molecular flexibility index (Phi) is 3.53. The maximum atomic E-state index is 9.46. The molecule has 0 aliphatic heterocycles. The highest BCUT2D eigenvalue weighted by Gasteiger charge is 2.42. The van der Waals surface area contributed by atoms with Gasteiger partial charge in [0.2, 0.25) is 6.41 Å². The fourth-order valence-corrected chi connectivity index (χ4v) is 1.25. The van der Waals surface area contributed by atoms with Gasteiger partial charge in [0.05, 0.1) is 5.60 Å². The molecule has 1 saturated carbocycles. The van der Waals surface area contributed by atoms with E-state index in [1.165, 1.54) is 0 Å². The minimum absolute atomic E-state index is 0.00221. The van der Waals surface area contributed by atoms with Crippen LogP contribution in [0.5, 0.6) is 0 Å². The van der Waals surface area contributed by atoms with Crippen molar-refractivity contribution in [3.05, 3.63) is 0 Å². The van der Waals surface area contributed by atoms with Crippen molar-refractivity contribution in [3.8, 4) is 0 Å². The highest BCUT2D eigenvalue weighted by molar-refractivity contribution is 4.94. The lowest BCUT2D eigenvalue weighted by molar-refractivity contribution is -0.183. The molecule has 0 bridgehead atoms. The summed E-state index contributed by atoms with van der Waals surface area (Å²) in [6.45, 7) is 6.45. The monoisotopic (exact) mass is 203 g/mol. The second kappa shape index (κ2) is 4.14. The third-order valence-electron chi connectivity index (χ3n) is 2.41. The fourth-order valence-electron chi connectivity index (χ4n) is 1.25. The molecule has 1 rings (SSSR count). The molecule has 3 N–H and O–H groups in total. The van der Waals surface area contributed by atoms with Gasteiger partial charge in [-0.05, 0) is 33.6 Å². The quantitative estimate of drug-likeness (QED) is 0.567. The molecule has 0 radical (unpaired) electrons. The molecular weight excluding hydrogens is 182 g/mol. The van der Waals surface area contributed by atoms with Crippen LogP contribution in [0, 0.1) is 5.41 Å². The number of rotatable bonds is 5. The van der Waals surface area contributed by atoms with E-state index in [0.29, 0.717) is 6.54 Å². The van der Waals surface area contributed by atoms with Gasteiger partial charge in [-0.1, -0.05) is 0 Å². The van der Waals surface area contributed by atoms with Crippen LogP contribution in [0.3, 0.4) is 0 Å². The first kappa shape index (κ1) is 11.9. The van der Waals surface area contributed by atoms with Crippen LogP contribution in [0.1, 0.15) is 33.6 Å². The lowest BCUT2D eigenvalue weighted by atomic mass is 10.1. The number of aliphatic hydroxyl groups is 2. The number of aliphatic hydroxyl groups excluding tert-OH is 2. The summed E-state index contributed by atoms with van der Waals surface area (Å²) >= 11 is 0. The first-order valence-electron chi connectivity index (χ1n) is 5.07. The third kappa shape index (κ3) is 3.92. The summed E-state index contributed by atoms with van der Waals surface area (Å²) in [5.41, 5.74) is -0.357. The van der Waals surface area contributed by atoms with Gasteiger partial charge in [0.25, 0.3) is 0 Å². The van der Waals surface area contributed by atoms with Crippen molar-refractivity contribution in [1.29, 1.82) is 0 Å². The molecule has 1 aliphatic rings. The summed E-state index contributed by atoms with van der Waals surface area (Å²) in [5, 5.41) is 21.4. The molecule has 0 saturated heterocycles. The molecule has 1 atom stereocenters. The van der Waals surface area contributed by atoms with Crippen molar-refractivity contribution in [2.75, 3.05) is 13.2 Å². The molecule has 0 heterocycles. The number of nitrogens with one attached hydrogen (secondary N) is 1. The SMILES string of the molecule is CC(C)(C)OC(O)NCC1(CO)CC1. The van der Waals surface area contributed by atoms with E-state index in [9.17, 15) is 5.11 Å². The van der Waals surface area contributed by atoms with Gasteiger partial charge in [-0.25, -0.2) is 0 Å². The first-order chi connectivity index (χ1) is 6.37. The minimum Gasteiger partial charge on any atom is -0.396 e. The van der Waals surface area contributed by atoms with Gasteiger partial charge < -0.3 is 14.9 Å². The van der Waals surface area contributed by atoms with Crippen LogP contribution in [-0.4, -0.2) is 35.4 Å². The van der Waals surface area contributed by atoms with Gasteiger partial charge >= 0.3 is 0 Å². The molecule has 0 aromatic carbocycles. The fraction of sp³-hybridized carbons (Fsp3) is 1.00. The second-order valence-electron chi connectivity index (χ2n) is 5.12. The molecule has 0 spiro atoms.